The third-order valence-corrected chi connectivity index (χ3v) is 6.03. The lowest BCUT2D eigenvalue weighted by Crippen LogP contribution is -2.45. The van der Waals surface area contributed by atoms with Crippen molar-refractivity contribution in [2.24, 2.45) is 5.92 Å². The van der Waals surface area contributed by atoms with E-state index in [0.717, 1.165) is 19.3 Å². The number of hydrogen-bond acceptors (Lipinski definition) is 3. The molecule has 0 bridgehead atoms. The first-order valence-corrected chi connectivity index (χ1v) is 10.7. The number of hydrogen-bond donors (Lipinski definition) is 1. The SMILES string of the molecule is CC(C)(C)c1ccc(CCNC(=O)[C@@H]2CCCN(S(C)(=O)=O)C2)cc1. The molecule has 1 heterocycles. The molecule has 1 saturated heterocycles. The number of carbonyl (C=O) groups is 1. The minimum Gasteiger partial charge on any atom is -0.355 e. The van der Waals surface area contributed by atoms with E-state index in [9.17, 15) is 13.2 Å². The topological polar surface area (TPSA) is 66.5 Å². The highest BCUT2D eigenvalue weighted by Crippen LogP contribution is 2.22. The van der Waals surface area contributed by atoms with E-state index in [4.69, 9.17) is 0 Å². The van der Waals surface area contributed by atoms with Crippen molar-refractivity contribution in [1.29, 1.82) is 0 Å². The zero-order chi connectivity index (χ0) is 18.7. The smallest absolute Gasteiger partial charge is 0.224 e. The first-order chi connectivity index (χ1) is 11.6. The van der Waals surface area contributed by atoms with Crippen LogP contribution in [0.5, 0.6) is 0 Å². The van der Waals surface area contributed by atoms with Gasteiger partial charge in [-0.3, -0.25) is 4.79 Å². The summed E-state index contributed by atoms with van der Waals surface area (Å²) in [6.45, 7) is 7.95. The van der Waals surface area contributed by atoms with E-state index in [1.165, 1.54) is 21.7 Å². The van der Waals surface area contributed by atoms with Crippen LogP contribution >= 0.6 is 0 Å². The van der Waals surface area contributed by atoms with Gasteiger partial charge in [0, 0.05) is 19.6 Å². The number of nitrogens with one attached hydrogen (secondary N) is 1. The summed E-state index contributed by atoms with van der Waals surface area (Å²) in [6.07, 6.45) is 3.46. The summed E-state index contributed by atoms with van der Waals surface area (Å²) in [5.41, 5.74) is 2.62. The van der Waals surface area contributed by atoms with Crippen LogP contribution in [-0.4, -0.2) is 44.5 Å². The zero-order valence-corrected chi connectivity index (χ0v) is 16.5. The first kappa shape index (κ1) is 19.9. The van der Waals surface area contributed by atoms with Crippen molar-refractivity contribution < 1.29 is 13.2 Å². The summed E-state index contributed by atoms with van der Waals surface area (Å²) in [5, 5.41) is 2.96. The molecule has 0 spiro atoms. The van der Waals surface area contributed by atoms with E-state index in [2.05, 4.69) is 50.4 Å². The number of carbonyl (C=O) groups excluding carboxylic acids is 1. The molecule has 6 heteroatoms. The minimum atomic E-state index is -3.22. The molecule has 1 aliphatic heterocycles. The normalized spacial score (nSPS) is 19.6. The Morgan fingerprint density at radius 3 is 2.44 bits per heavy atom. The fourth-order valence-electron chi connectivity index (χ4n) is 3.10. The standard InChI is InChI=1S/C19H30N2O3S/c1-19(2,3)17-9-7-15(8-10-17)11-12-20-18(22)16-6-5-13-21(14-16)25(4,23)24/h7-10,16H,5-6,11-14H2,1-4H3,(H,20,22)/t16-/m1/s1. The molecule has 0 aliphatic carbocycles. The molecule has 1 aromatic carbocycles. The molecular formula is C19H30N2O3S. The highest BCUT2D eigenvalue weighted by atomic mass is 32.2. The Morgan fingerprint density at radius 1 is 1.24 bits per heavy atom. The summed E-state index contributed by atoms with van der Waals surface area (Å²) in [6, 6.07) is 8.50. The van der Waals surface area contributed by atoms with Crippen LogP contribution in [0, 0.1) is 5.92 Å². The van der Waals surface area contributed by atoms with Crippen LogP contribution in [0.25, 0.3) is 0 Å². The van der Waals surface area contributed by atoms with Crippen LogP contribution in [0.4, 0.5) is 0 Å². The van der Waals surface area contributed by atoms with Crippen LogP contribution in [0.1, 0.15) is 44.7 Å². The Morgan fingerprint density at radius 2 is 1.88 bits per heavy atom. The lowest BCUT2D eigenvalue weighted by molar-refractivity contribution is -0.126. The van der Waals surface area contributed by atoms with Gasteiger partial charge in [-0.15, -0.1) is 0 Å². The van der Waals surface area contributed by atoms with Gasteiger partial charge in [-0.25, -0.2) is 12.7 Å². The third kappa shape index (κ3) is 5.82. The maximum absolute atomic E-state index is 12.3. The Bertz CT molecular complexity index is 690. The summed E-state index contributed by atoms with van der Waals surface area (Å²) in [7, 11) is -3.22. The second-order valence-electron chi connectivity index (χ2n) is 7.95. The third-order valence-electron chi connectivity index (χ3n) is 4.76. The Kier molecular flexibility index (Phi) is 6.27. The summed E-state index contributed by atoms with van der Waals surface area (Å²) in [5.74, 6) is -0.286. The van der Waals surface area contributed by atoms with Gasteiger partial charge in [0.05, 0.1) is 12.2 Å². The van der Waals surface area contributed by atoms with Crippen molar-refractivity contribution in [2.75, 3.05) is 25.9 Å². The van der Waals surface area contributed by atoms with Crippen molar-refractivity contribution in [1.82, 2.24) is 9.62 Å². The molecule has 1 amide bonds. The van der Waals surface area contributed by atoms with Gasteiger partial charge in [0.1, 0.15) is 0 Å². The van der Waals surface area contributed by atoms with Gasteiger partial charge in [0.25, 0.3) is 0 Å². The molecule has 1 fully saturated rings. The van der Waals surface area contributed by atoms with Gasteiger partial charge < -0.3 is 5.32 Å². The average molecular weight is 367 g/mol. The molecule has 5 nitrogen and oxygen atoms in total. The number of piperidine rings is 1. The average Bonchev–Trinajstić information content (AvgIpc) is 2.54. The molecule has 1 N–H and O–H groups in total. The maximum Gasteiger partial charge on any atom is 0.224 e. The van der Waals surface area contributed by atoms with Crippen molar-refractivity contribution in [3.05, 3.63) is 35.4 Å². The molecule has 2 rings (SSSR count). The largest absolute Gasteiger partial charge is 0.355 e. The predicted molar refractivity (Wildman–Crippen MR) is 101 cm³/mol. The Labute approximate surface area is 151 Å². The van der Waals surface area contributed by atoms with Crippen molar-refractivity contribution in [3.8, 4) is 0 Å². The van der Waals surface area contributed by atoms with Crippen molar-refractivity contribution >= 4 is 15.9 Å². The van der Waals surface area contributed by atoms with Crippen LogP contribution in [-0.2, 0) is 26.7 Å². The monoisotopic (exact) mass is 366 g/mol. The summed E-state index contributed by atoms with van der Waals surface area (Å²) >= 11 is 0. The second kappa shape index (κ2) is 7.87. The fraction of sp³-hybridized carbons (Fsp3) is 0.632. The van der Waals surface area contributed by atoms with Gasteiger partial charge >= 0.3 is 0 Å². The number of benzene rings is 1. The molecule has 1 atom stereocenters. The Hall–Kier alpha value is -1.40. The number of nitrogens with zero attached hydrogens (tertiary/aromatic N) is 1. The lowest BCUT2D eigenvalue weighted by Gasteiger charge is -2.30. The first-order valence-electron chi connectivity index (χ1n) is 8.89. The lowest BCUT2D eigenvalue weighted by atomic mass is 9.86. The molecule has 0 radical (unpaired) electrons. The van der Waals surface area contributed by atoms with E-state index in [0.29, 0.717) is 19.6 Å². The maximum atomic E-state index is 12.3. The van der Waals surface area contributed by atoms with E-state index in [1.54, 1.807) is 0 Å². The minimum absolute atomic E-state index is 0.0420. The van der Waals surface area contributed by atoms with E-state index < -0.39 is 10.0 Å². The molecule has 25 heavy (non-hydrogen) atoms. The Balaban J connectivity index is 1.82. The molecule has 0 unspecified atom stereocenters. The van der Waals surface area contributed by atoms with Gasteiger partial charge in [-0.1, -0.05) is 45.0 Å². The molecule has 1 aromatic rings. The molecule has 140 valence electrons. The van der Waals surface area contributed by atoms with E-state index in [-0.39, 0.29) is 17.2 Å². The molecule has 0 aromatic heterocycles. The number of sulfonamides is 1. The zero-order valence-electron chi connectivity index (χ0n) is 15.7. The molecule has 1 aliphatic rings. The van der Waals surface area contributed by atoms with Crippen LogP contribution < -0.4 is 5.32 Å². The highest BCUT2D eigenvalue weighted by molar-refractivity contribution is 7.88. The quantitative estimate of drug-likeness (QED) is 0.870. The van der Waals surface area contributed by atoms with E-state index >= 15 is 0 Å². The van der Waals surface area contributed by atoms with Gasteiger partial charge in [-0.2, -0.15) is 0 Å². The van der Waals surface area contributed by atoms with Crippen LogP contribution in [0.15, 0.2) is 24.3 Å². The van der Waals surface area contributed by atoms with Crippen LogP contribution in [0.2, 0.25) is 0 Å². The number of amides is 1. The van der Waals surface area contributed by atoms with E-state index in [1.807, 2.05) is 0 Å². The second-order valence-corrected chi connectivity index (χ2v) is 9.93. The van der Waals surface area contributed by atoms with Gasteiger partial charge in [-0.05, 0) is 35.8 Å². The fourth-order valence-corrected chi connectivity index (χ4v) is 4.01. The molecule has 0 saturated carbocycles. The summed E-state index contributed by atoms with van der Waals surface area (Å²) in [4.78, 5) is 12.3. The van der Waals surface area contributed by atoms with Crippen LogP contribution in [0.3, 0.4) is 0 Å². The van der Waals surface area contributed by atoms with Gasteiger partial charge in [0.2, 0.25) is 15.9 Å². The summed E-state index contributed by atoms with van der Waals surface area (Å²) < 4.78 is 24.7. The number of rotatable bonds is 5. The highest BCUT2D eigenvalue weighted by Gasteiger charge is 2.29. The van der Waals surface area contributed by atoms with Gasteiger partial charge in [0.15, 0.2) is 0 Å². The molecular weight excluding hydrogens is 336 g/mol. The van der Waals surface area contributed by atoms with Crippen molar-refractivity contribution in [3.63, 3.8) is 0 Å². The predicted octanol–water partition coefficient (Wildman–Crippen LogP) is 2.31. The van der Waals surface area contributed by atoms with Crippen molar-refractivity contribution in [2.45, 2.75) is 45.4 Å².